The molecule has 0 saturated carbocycles. The lowest BCUT2D eigenvalue weighted by Gasteiger charge is -2.05. The molecular formula is C15H13BrIN3O3. The van der Waals surface area contributed by atoms with E-state index in [9.17, 15) is 15.0 Å². The first-order chi connectivity index (χ1) is 11.0. The van der Waals surface area contributed by atoms with Crippen molar-refractivity contribution in [1.29, 1.82) is 0 Å². The van der Waals surface area contributed by atoms with Gasteiger partial charge in [0.1, 0.15) is 11.5 Å². The van der Waals surface area contributed by atoms with Gasteiger partial charge < -0.3 is 15.5 Å². The van der Waals surface area contributed by atoms with Gasteiger partial charge in [-0.25, -0.2) is 5.43 Å². The molecule has 120 valence electrons. The topological polar surface area (TPSA) is 94.0 Å². The monoisotopic (exact) mass is 489 g/mol. The fraction of sp³-hybridized carbons (Fsp3) is 0.0667. The second-order valence-electron chi connectivity index (χ2n) is 4.52. The maximum Gasteiger partial charge on any atom is 0.259 e. The van der Waals surface area contributed by atoms with Crippen molar-refractivity contribution in [2.75, 3.05) is 11.9 Å². The van der Waals surface area contributed by atoms with Crippen LogP contribution in [0.15, 0.2) is 46.0 Å². The molecule has 0 radical (unpaired) electrons. The predicted molar refractivity (Wildman–Crippen MR) is 101 cm³/mol. The van der Waals surface area contributed by atoms with Crippen LogP contribution in [0.25, 0.3) is 0 Å². The van der Waals surface area contributed by atoms with Crippen LogP contribution in [0, 0.1) is 3.57 Å². The average molecular weight is 490 g/mol. The van der Waals surface area contributed by atoms with Gasteiger partial charge in [-0.15, -0.1) is 0 Å². The van der Waals surface area contributed by atoms with Crippen LogP contribution in [-0.2, 0) is 4.79 Å². The van der Waals surface area contributed by atoms with E-state index < -0.39 is 0 Å². The number of aromatic hydroxyl groups is 2. The first-order valence-corrected chi connectivity index (χ1v) is 8.35. The van der Waals surface area contributed by atoms with Crippen LogP contribution in [0.1, 0.15) is 5.56 Å². The van der Waals surface area contributed by atoms with Crippen molar-refractivity contribution in [2.45, 2.75) is 0 Å². The number of nitrogens with one attached hydrogen (secondary N) is 2. The van der Waals surface area contributed by atoms with Gasteiger partial charge in [0.2, 0.25) is 0 Å². The Balaban J connectivity index is 1.86. The lowest BCUT2D eigenvalue weighted by molar-refractivity contribution is -0.119. The maximum atomic E-state index is 11.7. The molecule has 0 aromatic heterocycles. The number of anilines is 1. The number of rotatable bonds is 5. The summed E-state index contributed by atoms with van der Waals surface area (Å²) in [5, 5.41) is 25.8. The summed E-state index contributed by atoms with van der Waals surface area (Å²) >= 11 is 5.34. The van der Waals surface area contributed by atoms with Gasteiger partial charge >= 0.3 is 0 Å². The van der Waals surface area contributed by atoms with Crippen LogP contribution in [0.4, 0.5) is 5.69 Å². The molecule has 1 amide bonds. The van der Waals surface area contributed by atoms with E-state index in [2.05, 4.69) is 54.4 Å². The van der Waals surface area contributed by atoms with Crippen LogP contribution in [0.5, 0.6) is 11.5 Å². The third-order valence-electron chi connectivity index (χ3n) is 2.79. The Bertz CT molecular complexity index is 735. The summed E-state index contributed by atoms with van der Waals surface area (Å²) in [6.07, 6.45) is 1.29. The molecule has 0 aliphatic heterocycles. The first kappa shape index (κ1) is 17.5. The normalized spacial score (nSPS) is 10.7. The third kappa shape index (κ3) is 5.39. The van der Waals surface area contributed by atoms with E-state index in [0.29, 0.717) is 10.0 Å². The highest BCUT2D eigenvalue weighted by molar-refractivity contribution is 14.1. The maximum absolute atomic E-state index is 11.7. The number of carbonyl (C=O) groups excluding carboxylic acids is 1. The second-order valence-corrected chi connectivity index (χ2v) is 6.62. The van der Waals surface area contributed by atoms with Gasteiger partial charge in [-0.1, -0.05) is 0 Å². The highest BCUT2D eigenvalue weighted by Crippen LogP contribution is 2.30. The zero-order valence-electron chi connectivity index (χ0n) is 11.8. The number of hydrogen-bond acceptors (Lipinski definition) is 5. The van der Waals surface area contributed by atoms with Crippen LogP contribution in [0.3, 0.4) is 0 Å². The lowest BCUT2D eigenvalue weighted by Crippen LogP contribution is -2.25. The van der Waals surface area contributed by atoms with E-state index in [0.717, 1.165) is 9.26 Å². The molecule has 2 aromatic carbocycles. The van der Waals surface area contributed by atoms with Crippen LogP contribution >= 0.6 is 38.5 Å². The number of amides is 1. The Labute approximate surface area is 154 Å². The number of halogens is 2. The number of hydrazone groups is 1. The number of carbonyl (C=O) groups is 1. The van der Waals surface area contributed by atoms with Crippen molar-refractivity contribution in [3.05, 3.63) is 50.0 Å². The summed E-state index contributed by atoms with van der Waals surface area (Å²) in [5.41, 5.74) is 3.55. The Morgan fingerprint density at radius 1 is 1.22 bits per heavy atom. The first-order valence-electron chi connectivity index (χ1n) is 6.48. The Kier molecular flexibility index (Phi) is 6.22. The third-order valence-corrected chi connectivity index (χ3v) is 4.14. The number of benzene rings is 2. The van der Waals surface area contributed by atoms with E-state index in [1.54, 1.807) is 0 Å². The summed E-state index contributed by atoms with van der Waals surface area (Å²) in [6, 6.07) is 10.3. The highest BCUT2D eigenvalue weighted by Gasteiger charge is 2.05. The minimum absolute atomic E-state index is 0.0726. The fourth-order valence-electron chi connectivity index (χ4n) is 1.63. The van der Waals surface area contributed by atoms with E-state index in [1.807, 2.05) is 24.3 Å². The van der Waals surface area contributed by atoms with Crippen molar-refractivity contribution in [3.63, 3.8) is 0 Å². The van der Waals surface area contributed by atoms with Gasteiger partial charge in [0, 0.05) is 20.9 Å². The van der Waals surface area contributed by atoms with E-state index in [1.165, 1.54) is 18.3 Å². The standard InChI is InChI=1S/C15H13BrIN3O3/c16-12-5-9(13(21)6-14(12)22)7-19-20-15(23)8-18-11-3-1-10(17)2-4-11/h1-7,18,21-22H,8H2,(H,20,23)/b19-7+. The zero-order chi connectivity index (χ0) is 16.8. The number of phenols is 2. The Morgan fingerprint density at radius 3 is 2.61 bits per heavy atom. The Morgan fingerprint density at radius 2 is 1.91 bits per heavy atom. The SMILES string of the molecule is O=C(CNc1ccc(I)cc1)N/N=C/c1cc(Br)c(O)cc1O. The number of phenolic OH excluding ortho intramolecular Hbond substituents is 2. The number of nitrogens with zero attached hydrogens (tertiary/aromatic N) is 1. The number of hydrogen-bond donors (Lipinski definition) is 4. The molecule has 0 aliphatic carbocycles. The molecule has 23 heavy (non-hydrogen) atoms. The largest absolute Gasteiger partial charge is 0.507 e. The van der Waals surface area contributed by atoms with Gasteiger partial charge in [0.05, 0.1) is 17.2 Å². The van der Waals surface area contributed by atoms with Crippen molar-refractivity contribution < 1.29 is 15.0 Å². The molecule has 0 spiro atoms. The minimum Gasteiger partial charge on any atom is -0.507 e. The van der Waals surface area contributed by atoms with Gasteiger partial charge in [-0.05, 0) is 68.9 Å². The summed E-state index contributed by atoms with van der Waals surface area (Å²) in [5.74, 6) is -0.539. The highest BCUT2D eigenvalue weighted by atomic mass is 127. The molecule has 2 rings (SSSR count). The van der Waals surface area contributed by atoms with Crippen LogP contribution in [0.2, 0.25) is 0 Å². The predicted octanol–water partition coefficient (Wildman–Crippen LogP) is 3.03. The minimum atomic E-state index is -0.322. The average Bonchev–Trinajstić information content (AvgIpc) is 2.52. The van der Waals surface area contributed by atoms with Gasteiger partial charge in [0.15, 0.2) is 0 Å². The van der Waals surface area contributed by atoms with Crippen LogP contribution in [-0.4, -0.2) is 28.9 Å². The summed E-state index contributed by atoms with van der Waals surface area (Å²) in [7, 11) is 0. The van der Waals surface area contributed by atoms with Crippen LogP contribution < -0.4 is 10.7 Å². The molecular weight excluding hydrogens is 477 g/mol. The Hall–Kier alpha value is -1.81. The fourth-order valence-corrected chi connectivity index (χ4v) is 2.35. The zero-order valence-corrected chi connectivity index (χ0v) is 15.5. The molecule has 4 N–H and O–H groups in total. The molecule has 0 bridgehead atoms. The van der Waals surface area contributed by atoms with Crippen molar-refractivity contribution >= 4 is 56.3 Å². The van der Waals surface area contributed by atoms with E-state index >= 15 is 0 Å². The molecule has 0 fully saturated rings. The van der Waals surface area contributed by atoms with E-state index in [4.69, 9.17) is 0 Å². The van der Waals surface area contributed by atoms with Crippen molar-refractivity contribution in [1.82, 2.24) is 5.43 Å². The quantitative estimate of drug-likeness (QED) is 0.295. The molecule has 8 heteroatoms. The van der Waals surface area contributed by atoms with Gasteiger partial charge in [-0.2, -0.15) is 5.10 Å². The summed E-state index contributed by atoms with van der Waals surface area (Å²) in [4.78, 5) is 11.7. The second kappa shape index (κ2) is 8.16. The summed E-state index contributed by atoms with van der Waals surface area (Å²) in [6.45, 7) is 0.0726. The molecule has 6 nitrogen and oxygen atoms in total. The molecule has 0 saturated heterocycles. The van der Waals surface area contributed by atoms with Crippen molar-refractivity contribution in [2.24, 2.45) is 5.10 Å². The lowest BCUT2D eigenvalue weighted by atomic mass is 10.2. The van der Waals surface area contributed by atoms with Gasteiger partial charge in [0.25, 0.3) is 5.91 Å². The molecule has 0 atom stereocenters. The smallest absolute Gasteiger partial charge is 0.259 e. The molecule has 0 unspecified atom stereocenters. The van der Waals surface area contributed by atoms with E-state index in [-0.39, 0.29) is 24.0 Å². The summed E-state index contributed by atoms with van der Waals surface area (Å²) < 4.78 is 1.53. The molecule has 2 aromatic rings. The molecule has 0 heterocycles. The molecule has 0 aliphatic rings. The van der Waals surface area contributed by atoms with Gasteiger partial charge in [-0.3, -0.25) is 4.79 Å². The van der Waals surface area contributed by atoms with Crippen molar-refractivity contribution in [3.8, 4) is 11.5 Å².